The molecule has 0 saturated carbocycles. The predicted molar refractivity (Wildman–Crippen MR) is 81.0 cm³/mol. The lowest BCUT2D eigenvalue weighted by atomic mass is 9.88. The minimum atomic E-state index is -0.0641. The van der Waals surface area contributed by atoms with Gasteiger partial charge in [0, 0.05) is 10.0 Å². The van der Waals surface area contributed by atoms with Gasteiger partial charge in [0.15, 0.2) is 0 Å². The Labute approximate surface area is 119 Å². The predicted octanol–water partition coefficient (Wildman–Crippen LogP) is 4.52. The molecule has 0 amide bonds. The number of ether oxygens (including phenoxy) is 1. The zero-order valence-electron chi connectivity index (χ0n) is 11.4. The summed E-state index contributed by atoms with van der Waals surface area (Å²) in [6, 6.07) is 7.92. The van der Waals surface area contributed by atoms with Crippen LogP contribution in [0.5, 0.6) is 5.75 Å². The first-order chi connectivity index (χ1) is 8.59. The zero-order valence-corrected chi connectivity index (χ0v) is 13.0. The van der Waals surface area contributed by atoms with Crippen LogP contribution >= 0.6 is 15.9 Å². The maximum Gasteiger partial charge on any atom is 0.119 e. The number of rotatable bonds is 8. The van der Waals surface area contributed by atoms with Crippen LogP contribution in [0.25, 0.3) is 0 Å². The fourth-order valence-electron chi connectivity index (χ4n) is 1.91. The fourth-order valence-corrected chi connectivity index (χ4v) is 2.17. The fraction of sp³-hybridized carbons (Fsp3) is 0.600. The number of unbranched alkanes of at least 4 members (excludes halogenated alkanes) is 1. The van der Waals surface area contributed by atoms with Gasteiger partial charge in [-0.3, -0.25) is 0 Å². The Morgan fingerprint density at radius 2 is 1.83 bits per heavy atom. The van der Waals surface area contributed by atoms with E-state index in [-0.39, 0.29) is 5.54 Å². The van der Waals surface area contributed by atoms with E-state index in [0.29, 0.717) is 6.61 Å². The Morgan fingerprint density at radius 1 is 1.17 bits per heavy atom. The third kappa shape index (κ3) is 5.40. The van der Waals surface area contributed by atoms with E-state index in [1.807, 2.05) is 24.3 Å². The molecule has 1 aromatic carbocycles. The molecule has 1 rings (SSSR count). The van der Waals surface area contributed by atoms with Gasteiger partial charge in [-0.15, -0.1) is 0 Å². The Bertz CT molecular complexity index is 339. The van der Waals surface area contributed by atoms with Gasteiger partial charge in [-0.2, -0.15) is 0 Å². The van der Waals surface area contributed by atoms with Crippen LogP contribution in [0.3, 0.4) is 0 Å². The van der Waals surface area contributed by atoms with Crippen molar-refractivity contribution in [2.45, 2.75) is 51.5 Å². The van der Waals surface area contributed by atoms with Gasteiger partial charge in [-0.05, 0) is 43.5 Å². The molecule has 1 unspecified atom stereocenters. The second kappa shape index (κ2) is 7.80. The second-order valence-corrected chi connectivity index (χ2v) is 5.79. The van der Waals surface area contributed by atoms with Crippen LogP contribution in [0.1, 0.15) is 46.0 Å². The number of nitrogens with two attached hydrogens (primary N) is 1. The lowest BCUT2D eigenvalue weighted by Crippen LogP contribution is -2.40. The third-order valence-corrected chi connectivity index (χ3v) is 3.94. The average molecular weight is 314 g/mol. The zero-order chi connectivity index (χ0) is 13.4. The van der Waals surface area contributed by atoms with E-state index in [9.17, 15) is 0 Å². The molecule has 102 valence electrons. The van der Waals surface area contributed by atoms with Gasteiger partial charge < -0.3 is 10.5 Å². The molecule has 0 heterocycles. The minimum absolute atomic E-state index is 0.0641. The van der Waals surface area contributed by atoms with Gasteiger partial charge >= 0.3 is 0 Å². The van der Waals surface area contributed by atoms with Crippen molar-refractivity contribution in [2.75, 3.05) is 6.61 Å². The van der Waals surface area contributed by atoms with E-state index in [2.05, 4.69) is 29.8 Å². The number of benzene rings is 1. The molecule has 0 spiro atoms. The summed E-state index contributed by atoms with van der Waals surface area (Å²) in [4.78, 5) is 0. The quantitative estimate of drug-likeness (QED) is 0.766. The van der Waals surface area contributed by atoms with Crippen molar-refractivity contribution in [2.24, 2.45) is 5.73 Å². The molecular weight excluding hydrogens is 290 g/mol. The van der Waals surface area contributed by atoms with Gasteiger partial charge in [0.2, 0.25) is 0 Å². The smallest absolute Gasteiger partial charge is 0.119 e. The van der Waals surface area contributed by atoms with Crippen LogP contribution in [0.2, 0.25) is 0 Å². The molecule has 1 atom stereocenters. The summed E-state index contributed by atoms with van der Waals surface area (Å²) in [7, 11) is 0. The largest absolute Gasteiger partial charge is 0.494 e. The van der Waals surface area contributed by atoms with Crippen LogP contribution in [0.15, 0.2) is 28.7 Å². The summed E-state index contributed by atoms with van der Waals surface area (Å²) in [5, 5.41) is 0. The molecule has 0 aliphatic carbocycles. The van der Waals surface area contributed by atoms with Crippen LogP contribution in [-0.4, -0.2) is 12.1 Å². The van der Waals surface area contributed by atoms with Crippen LogP contribution in [0.4, 0.5) is 0 Å². The molecule has 0 fully saturated rings. The van der Waals surface area contributed by atoms with Gasteiger partial charge in [0.05, 0.1) is 6.61 Å². The summed E-state index contributed by atoms with van der Waals surface area (Å²) >= 11 is 3.41. The number of hydrogen-bond acceptors (Lipinski definition) is 2. The highest BCUT2D eigenvalue weighted by Gasteiger charge is 2.21. The van der Waals surface area contributed by atoms with Gasteiger partial charge in [0.1, 0.15) is 5.75 Å². The van der Waals surface area contributed by atoms with E-state index < -0.39 is 0 Å². The molecule has 0 aromatic heterocycles. The van der Waals surface area contributed by atoms with E-state index in [0.717, 1.165) is 29.5 Å². The van der Waals surface area contributed by atoms with Crippen LogP contribution in [-0.2, 0) is 0 Å². The highest BCUT2D eigenvalue weighted by atomic mass is 79.9. The van der Waals surface area contributed by atoms with Gasteiger partial charge in [0.25, 0.3) is 0 Å². The molecule has 0 bridgehead atoms. The van der Waals surface area contributed by atoms with Crippen molar-refractivity contribution in [3.05, 3.63) is 28.7 Å². The van der Waals surface area contributed by atoms with E-state index in [1.165, 1.54) is 12.8 Å². The maximum absolute atomic E-state index is 6.38. The van der Waals surface area contributed by atoms with Crippen molar-refractivity contribution in [1.29, 1.82) is 0 Å². The minimum Gasteiger partial charge on any atom is -0.494 e. The SMILES string of the molecule is CCCCC(N)(CC)CCOc1ccc(Br)cc1. The molecule has 0 aliphatic rings. The molecule has 1 aromatic rings. The topological polar surface area (TPSA) is 35.2 Å². The first-order valence-electron chi connectivity index (χ1n) is 6.77. The van der Waals surface area contributed by atoms with Crippen LogP contribution < -0.4 is 10.5 Å². The second-order valence-electron chi connectivity index (χ2n) is 4.87. The van der Waals surface area contributed by atoms with Gasteiger partial charge in [-0.1, -0.05) is 42.6 Å². The Balaban J connectivity index is 2.36. The van der Waals surface area contributed by atoms with Crippen LogP contribution in [0, 0.1) is 0 Å². The van der Waals surface area contributed by atoms with Crippen molar-refractivity contribution in [1.82, 2.24) is 0 Å². The summed E-state index contributed by atoms with van der Waals surface area (Å²) in [6.45, 7) is 5.05. The molecule has 0 aliphatic heterocycles. The molecular formula is C15H24BrNO. The molecule has 2 N–H and O–H groups in total. The Hall–Kier alpha value is -0.540. The normalized spacial score (nSPS) is 14.2. The van der Waals surface area contributed by atoms with E-state index in [1.54, 1.807) is 0 Å². The Kier molecular flexibility index (Phi) is 6.72. The molecule has 0 saturated heterocycles. The first kappa shape index (κ1) is 15.5. The van der Waals surface area contributed by atoms with Crippen molar-refractivity contribution < 1.29 is 4.74 Å². The van der Waals surface area contributed by atoms with E-state index >= 15 is 0 Å². The molecule has 2 nitrogen and oxygen atoms in total. The van der Waals surface area contributed by atoms with E-state index in [4.69, 9.17) is 10.5 Å². The molecule has 18 heavy (non-hydrogen) atoms. The molecule has 3 heteroatoms. The summed E-state index contributed by atoms with van der Waals surface area (Å²) in [5.41, 5.74) is 6.32. The summed E-state index contributed by atoms with van der Waals surface area (Å²) in [5.74, 6) is 0.909. The lowest BCUT2D eigenvalue weighted by molar-refractivity contribution is 0.240. The number of halogens is 1. The Morgan fingerprint density at radius 3 is 2.39 bits per heavy atom. The lowest BCUT2D eigenvalue weighted by Gasteiger charge is -2.28. The average Bonchev–Trinajstić information content (AvgIpc) is 2.39. The maximum atomic E-state index is 6.38. The van der Waals surface area contributed by atoms with Gasteiger partial charge in [-0.25, -0.2) is 0 Å². The third-order valence-electron chi connectivity index (χ3n) is 3.41. The highest BCUT2D eigenvalue weighted by molar-refractivity contribution is 9.10. The van der Waals surface area contributed by atoms with Crippen molar-refractivity contribution in [3.8, 4) is 5.75 Å². The van der Waals surface area contributed by atoms with Crippen molar-refractivity contribution in [3.63, 3.8) is 0 Å². The van der Waals surface area contributed by atoms with Crippen molar-refractivity contribution >= 4 is 15.9 Å². The monoisotopic (exact) mass is 313 g/mol. The highest BCUT2D eigenvalue weighted by Crippen LogP contribution is 2.21. The first-order valence-corrected chi connectivity index (χ1v) is 7.56. The standard InChI is InChI=1S/C15H24BrNO/c1-3-5-10-15(17,4-2)11-12-18-14-8-6-13(16)7-9-14/h6-9H,3-5,10-12,17H2,1-2H3. The summed E-state index contributed by atoms with van der Waals surface area (Å²) in [6.07, 6.45) is 5.41. The summed E-state index contributed by atoms with van der Waals surface area (Å²) < 4.78 is 6.81. The molecule has 0 radical (unpaired) electrons. The number of hydrogen-bond donors (Lipinski definition) is 1.